The molecule has 0 saturated carbocycles. The summed E-state index contributed by atoms with van der Waals surface area (Å²) in [5, 5.41) is 8.75. The van der Waals surface area contributed by atoms with Crippen molar-refractivity contribution < 1.29 is 13.2 Å². The van der Waals surface area contributed by atoms with Gasteiger partial charge in [0.2, 0.25) is 0 Å². The Hall–Kier alpha value is -2.03. The van der Waals surface area contributed by atoms with Gasteiger partial charge in [-0.2, -0.15) is 18.4 Å². The van der Waals surface area contributed by atoms with Gasteiger partial charge in [-0.1, -0.05) is 0 Å². The SMILES string of the molecule is CCn1c(CC(F)(F)F)nc2cc(C#N)ccc21. The Balaban J connectivity index is 2.57. The fourth-order valence-corrected chi connectivity index (χ4v) is 1.92. The van der Waals surface area contributed by atoms with E-state index in [0.29, 0.717) is 23.1 Å². The van der Waals surface area contributed by atoms with Crippen LogP contribution in [0.2, 0.25) is 0 Å². The molecule has 0 radical (unpaired) electrons. The van der Waals surface area contributed by atoms with E-state index in [-0.39, 0.29) is 5.82 Å². The zero-order valence-corrected chi connectivity index (χ0v) is 9.62. The Labute approximate surface area is 101 Å². The first kappa shape index (κ1) is 12.4. The number of nitriles is 1. The van der Waals surface area contributed by atoms with Crippen molar-refractivity contribution in [3.05, 3.63) is 29.6 Å². The molecule has 1 aromatic carbocycles. The Kier molecular flexibility index (Phi) is 2.99. The molecule has 6 heteroatoms. The molecule has 18 heavy (non-hydrogen) atoms. The van der Waals surface area contributed by atoms with E-state index in [1.165, 1.54) is 10.6 Å². The smallest absolute Gasteiger partial charge is 0.328 e. The minimum atomic E-state index is -4.29. The largest absolute Gasteiger partial charge is 0.396 e. The van der Waals surface area contributed by atoms with Gasteiger partial charge in [0.15, 0.2) is 0 Å². The van der Waals surface area contributed by atoms with Crippen molar-refractivity contribution in [1.29, 1.82) is 5.26 Å². The average molecular weight is 253 g/mol. The summed E-state index contributed by atoms with van der Waals surface area (Å²) in [6.45, 7) is 2.17. The summed E-state index contributed by atoms with van der Waals surface area (Å²) in [6.07, 6.45) is -5.34. The molecule has 0 aliphatic carbocycles. The molecule has 2 rings (SSSR count). The lowest BCUT2D eigenvalue weighted by molar-refractivity contribution is -0.128. The number of alkyl halides is 3. The van der Waals surface area contributed by atoms with Crippen LogP contribution in [0.25, 0.3) is 11.0 Å². The topological polar surface area (TPSA) is 41.6 Å². The van der Waals surface area contributed by atoms with Crippen LogP contribution in [0.4, 0.5) is 13.2 Å². The van der Waals surface area contributed by atoms with Crippen LogP contribution in [0, 0.1) is 11.3 Å². The zero-order valence-electron chi connectivity index (χ0n) is 9.62. The van der Waals surface area contributed by atoms with E-state index in [0.717, 1.165) is 0 Å². The summed E-state index contributed by atoms with van der Waals surface area (Å²) in [5.41, 5.74) is 1.44. The predicted octanol–water partition coefficient (Wildman–Crippen LogP) is 3.03. The molecule has 0 bridgehead atoms. The maximum Gasteiger partial charge on any atom is 0.396 e. The lowest BCUT2D eigenvalue weighted by Gasteiger charge is -2.08. The summed E-state index contributed by atoms with van der Waals surface area (Å²) in [4.78, 5) is 3.97. The van der Waals surface area contributed by atoms with Crippen molar-refractivity contribution in [3.63, 3.8) is 0 Å². The maximum absolute atomic E-state index is 12.4. The first-order valence-electron chi connectivity index (χ1n) is 5.40. The molecular formula is C12H10F3N3. The van der Waals surface area contributed by atoms with Crippen LogP contribution < -0.4 is 0 Å². The normalized spacial score (nSPS) is 11.7. The van der Waals surface area contributed by atoms with E-state index in [1.54, 1.807) is 19.1 Å². The van der Waals surface area contributed by atoms with E-state index in [4.69, 9.17) is 5.26 Å². The van der Waals surface area contributed by atoms with Crippen molar-refractivity contribution in [2.75, 3.05) is 0 Å². The second kappa shape index (κ2) is 4.33. The first-order valence-corrected chi connectivity index (χ1v) is 5.40. The number of imidazole rings is 1. The van der Waals surface area contributed by atoms with Crippen LogP contribution in [0.3, 0.4) is 0 Å². The van der Waals surface area contributed by atoms with Crippen LogP contribution in [-0.2, 0) is 13.0 Å². The van der Waals surface area contributed by atoms with Crippen molar-refractivity contribution in [2.24, 2.45) is 0 Å². The molecule has 0 fully saturated rings. The maximum atomic E-state index is 12.4. The average Bonchev–Trinajstić information content (AvgIpc) is 2.62. The van der Waals surface area contributed by atoms with Gasteiger partial charge in [0.1, 0.15) is 12.2 Å². The van der Waals surface area contributed by atoms with Gasteiger partial charge in [-0.05, 0) is 25.1 Å². The Morgan fingerprint density at radius 2 is 2.11 bits per heavy atom. The molecule has 0 atom stereocenters. The highest BCUT2D eigenvalue weighted by Crippen LogP contribution is 2.24. The van der Waals surface area contributed by atoms with E-state index in [1.807, 2.05) is 6.07 Å². The molecule has 0 amide bonds. The highest BCUT2D eigenvalue weighted by atomic mass is 19.4. The van der Waals surface area contributed by atoms with E-state index < -0.39 is 12.6 Å². The van der Waals surface area contributed by atoms with E-state index in [2.05, 4.69) is 4.98 Å². The van der Waals surface area contributed by atoms with Gasteiger partial charge in [-0.25, -0.2) is 4.98 Å². The lowest BCUT2D eigenvalue weighted by Crippen LogP contribution is -2.16. The van der Waals surface area contributed by atoms with Crippen molar-refractivity contribution in [3.8, 4) is 6.07 Å². The monoisotopic (exact) mass is 253 g/mol. The number of benzene rings is 1. The molecule has 2 aromatic rings. The third-order valence-electron chi connectivity index (χ3n) is 2.63. The predicted molar refractivity (Wildman–Crippen MR) is 59.9 cm³/mol. The lowest BCUT2D eigenvalue weighted by atomic mass is 10.2. The molecule has 3 nitrogen and oxygen atoms in total. The van der Waals surface area contributed by atoms with Crippen LogP contribution in [0.1, 0.15) is 18.3 Å². The van der Waals surface area contributed by atoms with Crippen LogP contribution in [0.5, 0.6) is 0 Å². The summed E-state index contributed by atoms with van der Waals surface area (Å²) in [7, 11) is 0. The molecule has 1 heterocycles. The molecule has 0 saturated heterocycles. The van der Waals surface area contributed by atoms with Crippen LogP contribution in [0.15, 0.2) is 18.2 Å². The second-order valence-corrected chi connectivity index (χ2v) is 3.88. The first-order chi connectivity index (χ1) is 8.44. The minimum absolute atomic E-state index is 0.0184. The fourth-order valence-electron chi connectivity index (χ4n) is 1.92. The van der Waals surface area contributed by atoms with Crippen molar-refractivity contribution >= 4 is 11.0 Å². The highest BCUT2D eigenvalue weighted by molar-refractivity contribution is 5.77. The molecule has 94 valence electrons. The third kappa shape index (κ3) is 2.30. The van der Waals surface area contributed by atoms with Gasteiger partial charge in [0.25, 0.3) is 0 Å². The summed E-state index contributed by atoms with van der Waals surface area (Å²) in [5.74, 6) is -0.0184. The molecule has 0 aliphatic rings. The number of hydrogen-bond donors (Lipinski definition) is 0. The van der Waals surface area contributed by atoms with Crippen LogP contribution in [-0.4, -0.2) is 15.7 Å². The van der Waals surface area contributed by atoms with Crippen LogP contribution >= 0.6 is 0 Å². The minimum Gasteiger partial charge on any atom is -0.328 e. The number of nitrogens with zero attached hydrogens (tertiary/aromatic N) is 3. The van der Waals surface area contributed by atoms with Gasteiger partial charge < -0.3 is 4.57 Å². The third-order valence-corrected chi connectivity index (χ3v) is 2.63. The molecule has 0 unspecified atom stereocenters. The van der Waals surface area contributed by atoms with Gasteiger partial charge in [0, 0.05) is 6.54 Å². The molecule has 0 aliphatic heterocycles. The molecule has 1 aromatic heterocycles. The van der Waals surface area contributed by atoms with E-state index >= 15 is 0 Å². The van der Waals surface area contributed by atoms with Gasteiger partial charge >= 0.3 is 6.18 Å². The number of fused-ring (bicyclic) bond motifs is 1. The summed E-state index contributed by atoms with van der Waals surface area (Å²) in [6, 6.07) is 6.65. The fraction of sp³-hybridized carbons (Fsp3) is 0.333. The standard InChI is InChI=1S/C12H10F3N3/c1-2-18-10-4-3-8(7-16)5-9(10)17-11(18)6-12(13,14)15/h3-5H,2,6H2,1H3. The van der Waals surface area contributed by atoms with Gasteiger partial charge in [-0.15, -0.1) is 0 Å². The highest BCUT2D eigenvalue weighted by Gasteiger charge is 2.30. The quantitative estimate of drug-likeness (QED) is 0.825. The molecular weight excluding hydrogens is 243 g/mol. The molecule has 0 spiro atoms. The van der Waals surface area contributed by atoms with Gasteiger partial charge in [0.05, 0.1) is 22.7 Å². The summed E-state index contributed by atoms with van der Waals surface area (Å²) < 4.78 is 38.8. The second-order valence-electron chi connectivity index (χ2n) is 3.88. The number of rotatable bonds is 2. The number of aryl methyl sites for hydroxylation is 1. The van der Waals surface area contributed by atoms with E-state index in [9.17, 15) is 13.2 Å². The van der Waals surface area contributed by atoms with Crippen molar-refractivity contribution in [1.82, 2.24) is 9.55 Å². The number of halogens is 3. The number of hydrogen-bond acceptors (Lipinski definition) is 2. The number of aromatic nitrogens is 2. The Morgan fingerprint density at radius 3 is 2.67 bits per heavy atom. The summed E-state index contributed by atoms with van der Waals surface area (Å²) >= 11 is 0. The molecule has 0 N–H and O–H groups in total. The Bertz CT molecular complexity index is 620. The Morgan fingerprint density at radius 1 is 1.39 bits per heavy atom. The zero-order chi connectivity index (χ0) is 13.3. The van der Waals surface area contributed by atoms with Crippen molar-refractivity contribution in [2.45, 2.75) is 26.1 Å². The van der Waals surface area contributed by atoms with Gasteiger partial charge in [-0.3, -0.25) is 0 Å².